The molecular weight excluding hydrogens is 627 g/mol. The second-order valence-corrected chi connectivity index (χ2v) is 11.3. The molecule has 0 radical (unpaired) electrons. The van der Waals surface area contributed by atoms with Gasteiger partial charge < -0.3 is 9.47 Å². The Balaban J connectivity index is 1.70. The average molecular weight is 649 g/mol. The SMILES string of the molecule is COc1cc(/C=N\NC(=O)CN(c2cccc(C(F)(F)F)c2)S(C)(=O)=O)cc(Br)c1OCc1ccc(Cl)cc1. The number of methoxy groups -OCH3 is 1. The maximum absolute atomic E-state index is 13.1. The maximum Gasteiger partial charge on any atom is 0.416 e. The van der Waals surface area contributed by atoms with Crippen LogP contribution in [0.3, 0.4) is 0 Å². The van der Waals surface area contributed by atoms with Crippen LogP contribution in [0.5, 0.6) is 11.5 Å². The summed E-state index contributed by atoms with van der Waals surface area (Å²) in [6.45, 7) is -0.541. The highest BCUT2D eigenvalue weighted by atomic mass is 79.9. The third kappa shape index (κ3) is 8.60. The minimum Gasteiger partial charge on any atom is -0.493 e. The zero-order chi connectivity index (χ0) is 28.8. The Morgan fingerprint density at radius 1 is 1.15 bits per heavy atom. The van der Waals surface area contributed by atoms with Crippen LogP contribution in [-0.2, 0) is 27.6 Å². The molecule has 0 spiro atoms. The molecule has 1 amide bonds. The summed E-state index contributed by atoms with van der Waals surface area (Å²) >= 11 is 9.32. The molecule has 0 bridgehead atoms. The highest BCUT2D eigenvalue weighted by Crippen LogP contribution is 2.37. The van der Waals surface area contributed by atoms with Crippen LogP contribution in [0.25, 0.3) is 0 Å². The lowest BCUT2D eigenvalue weighted by molar-refractivity contribution is -0.137. The summed E-state index contributed by atoms with van der Waals surface area (Å²) in [6.07, 6.45) is -2.62. The van der Waals surface area contributed by atoms with Crippen molar-refractivity contribution in [1.82, 2.24) is 5.43 Å². The monoisotopic (exact) mass is 647 g/mol. The van der Waals surface area contributed by atoms with Gasteiger partial charge in [0.05, 0.1) is 35.3 Å². The van der Waals surface area contributed by atoms with Crippen LogP contribution in [0.2, 0.25) is 5.02 Å². The van der Waals surface area contributed by atoms with Gasteiger partial charge in [-0.15, -0.1) is 0 Å². The first-order valence-electron chi connectivity index (χ1n) is 11.0. The second-order valence-electron chi connectivity index (χ2n) is 8.06. The molecule has 0 atom stereocenters. The first kappa shape index (κ1) is 30.3. The first-order valence-corrected chi connectivity index (χ1v) is 14.0. The van der Waals surface area contributed by atoms with Crippen LogP contribution >= 0.6 is 27.5 Å². The number of anilines is 1. The molecule has 0 aliphatic carbocycles. The zero-order valence-electron chi connectivity index (χ0n) is 20.5. The number of hydrogen-bond acceptors (Lipinski definition) is 6. The quantitative estimate of drug-likeness (QED) is 0.227. The van der Waals surface area contributed by atoms with E-state index in [0.29, 0.717) is 36.9 Å². The molecule has 0 saturated carbocycles. The van der Waals surface area contributed by atoms with E-state index >= 15 is 0 Å². The summed E-state index contributed by atoms with van der Waals surface area (Å²) in [5.41, 5.74) is 2.20. The van der Waals surface area contributed by atoms with Crippen LogP contribution in [0.15, 0.2) is 70.2 Å². The molecule has 3 rings (SSSR count). The van der Waals surface area contributed by atoms with Gasteiger partial charge in [0.25, 0.3) is 5.91 Å². The third-order valence-electron chi connectivity index (χ3n) is 5.10. The molecule has 14 heteroatoms. The molecule has 0 unspecified atom stereocenters. The summed E-state index contributed by atoms with van der Waals surface area (Å²) in [5.74, 6) is -0.0690. The number of hydrogen-bond donors (Lipinski definition) is 1. The number of amides is 1. The van der Waals surface area contributed by atoms with Crippen molar-refractivity contribution < 1.29 is 35.9 Å². The molecule has 208 valence electrons. The van der Waals surface area contributed by atoms with E-state index in [4.69, 9.17) is 21.1 Å². The van der Waals surface area contributed by atoms with Crippen molar-refractivity contribution >= 4 is 55.4 Å². The molecule has 0 aliphatic rings. The van der Waals surface area contributed by atoms with Crippen LogP contribution < -0.4 is 19.2 Å². The Kier molecular flexibility index (Phi) is 9.86. The molecule has 0 saturated heterocycles. The van der Waals surface area contributed by atoms with E-state index in [-0.39, 0.29) is 12.3 Å². The number of halogens is 5. The Bertz CT molecular complexity index is 1470. The van der Waals surface area contributed by atoms with Gasteiger partial charge in [0.2, 0.25) is 10.0 Å². The molecule has 0 heterocycles. The van der Waals surface area contributed by atoms with E-state index in [1.54, 1.807) is 24.3 Å². The number of hydrazone groups is 1. The number of alkyl halides is 3. The first-order chi connectivity index (χ1) is 18.3. The fourth-order valence-electron chi connectivity index (χ4n) is 3.27. The van der Waals surface area contributed by atoms with Gasteiger partial charge in [-0.05, 0) is 69.5 Å². The summed E-state index contributed by atoms with van der Waals surface area (Å²) in [5, 5.41) is 4.42. The lowest BCUT2D eigenvalue weighted by Gasteiger charge is -2.22. The number of nitrogens with zero attached hydrogens (tertiary/aromatic N) is 2. The van der Waals surface area contributed by atoms with Gasteiger partial charge in [-0.2, -0.15) is 18.3 Å². The molecule has 1 N–H and O–H groups in total. The molecule has 3 aromatic rings. The van der Waals surface area contributed by atoms with E-state index in [2.05, 4.69) is 26.5 Å². The number of nitrogens with one attached hydrogen (secondary N) is 1. The van der Waals surface area contributed by atoms with Crippen molar-refractivity contribution in [3.63, 3.8) is 0 Å². The smallest absolute Gasteiger partial charge is 0.416 e. The summed E-state index contributed by atoms with van der Waals surface area (Å²) < 4.78 is 76.0. The summed E-state index contributed by atoms with van der Waals surface area (Å²) in [4.78, 5) is 12.4. The lowest BCUT2D eigenvalue weighted by Crippen LogP contribution is -2.39. The van der Waals surface area contributed by atoms with Crippen molar-refractivity contribution in [3.05, 3.63) is 86.8 Å². The number of ether oxygens (including phenoxy) is 2. The van der Waals surface area contributed by atoms with Gasteiger partial charge in [0, 0.05) is 5.02 Å². The number of sulfonamides is 1. The van der Waals surface area contributed by atoms with Crippen molar-refractivity contribution in [2.45, 2.75) is 12.8 Å². The minimum atomic E-state index is -4.68. The van der Waals surface area contributed by atoms with Crippen molar-refractivity contribution in [3.8, 4) is 11.5 Å². The third-order valence-corrected chi connectivity index (χ3v) is 7.08. The van der Waals surface area contributed by atoms with Gasteiger partial charge in [0.15, 0.2) is 11.5 Å². The number of carbonyl (C=O) groups excluding carboxylic acids is 1. The van der Waals surface area contributed by atoms with Gasteiger partial charge in [-0.3, -0.25) is 9.10 Å². The van der Waals surface area contributed by atoms with Crippen LogP contribution in [0.1, 0.15) is 16.7 Å². The standard InChI is InChI=1S/C25H22BrClF3N3O5S/c1-37-22-11-17(10-21(26)24(22)38-15-16-6-8-19(27)9-7-16)13-31-32-23(34)14-33(39(2,35)36)20-5-3-4-18(12-20)25(28,29)30/h3-13H,14-15H2,1-2H3,(H,32,34)/b31-13-. The van der Waals surface area contributed by atoms with Gasteiger partial charge in [-0.1, -0.05) is 29.8 Å². The average Bonchev–Trinajstić information content (AvgIpc) is 2.86. The van der Waals surface area contributed by atoms with Crippen molar-refractivity contribution in [2.75, 3.05) is 24.2 Å². The topological polar surface area (TPSA) is 97.3 Å². The van der Waals surface area contributed by atoms with Crippen molar-refractivity contribution in [2.24, 2.45) is 5.10 Å². The van der Waals surface area contributed by atoms with Crippen LogP contribution in [0, 0.1) is 0 Å². The molecular formula is C25H22BrClF3N3O5S. The van der Waals surface area contributed by atoms with E-state index in [0.717, 1.165) is 30.0 Å². The van der Waals surface area contributed by atoms with E-state index in [1.165, 1.54) is 13.3 Å². The molecule has 0 aromatic heterocycles. The Labute approximate surface area is 236 Å². The molecule has 0 aliphatic heterocycles. The second kappa shape index (κ2) is 12.7. The molecule has 8 nitrogen and oxygen atoms in total. The number of rotatable bonds is 10. The molecule has 3 aromatic carbocycles. The van der Waals surface area contributed by atoms with Crippen molar-refractivity contribution in [1.29, 1.82) is 0 Å². The largest absolute Gasteiger partial charge is 0.493 e. The normalized spacial score (nSPS) is 11.9. The minimum absolute atomic E-state index is 0.248. The van der Waals surface area contributed by atoms with Gasteiger partial charge in [0.1, 0.15) is 13.2 Å². The summed E-state index contributed by atoms with van der Waals surface area (Å²) in [7, 11) is -2.64. The lowest BCUT2D eigenvalue weighted by atomic mass is 10.2. The fourth-order valence-corrected chi connectivity index (χ4v) is 4.82. The van der Waals surface area contributed by atoms with Crippen LogP contribution in [0.4, 0.5) is 18.9 Å². The van der Waals surface area contributed by atoms with Gasteiger partial charge >= 0.3 is 6.18 Å². The van der Waals surface area contributed by atoms with Crippen LogP contribution in [-0.4, -0.2) is 40.4 Å². The number of benzene rings is 3. The molecule has 0 fully saturated rings. The van der Waals surface area contributed by atoms with E-state index in [9.17, 15) is 26.4 Å². The zero-order valence-corrected chi connectivity index (χ0v) is 23.7. The number of carbonyl (C=O) groups is 1. The Morgan fingerprint density at radius 2 is 1.85 bits per heavy atom. The predicted octanol–water partition coefficient (Wildman–Crippen LogP) is 5.63. The fraction of sp³-hybridized carbons (Fsp3) is 0.200. The highest BCUT2D eigenvalue weighted by Gasteiger charge is 2.32. The highest BCUT2D eigenvalue weighted by molar-refractivity contribution is 9.10. The maximum atomic E-state index is 13.1. The van der Waals surface area contributed by atoms with Gasteiger partial charge in [-0.25, -0.2) is 13.8 Å². The van der Waals surface area contributed by atoms with E-state index in [1.807, 2.05) is 12.1 Å². The molecule has 39 heavy (non-hydrogen) atoms. The Morgan fingerprint density at radius 3 is 2.46 bits per heavy atom. The summed E-state index contributed by atoms with van der Waals surface area (Å²) in [6, 6.07) is 14.1. The van der Waals surface area contributed by atoms with E-state index < -0.39 is 34.2 Å². The Hall–Kier alpha value is -3.29. The predicted molar refractivity (Wildman–Crippen MR) is 146 cm³/mol.